The molecule has 10 heteroatoms. The van der Waals surface area contributed by atoms with E-state index in [1.54, 1.807) is 16.9 Å². The Hall–Kier alpha value is -3.14. The average Bonchev–Trinajstić information content (AvgIpc) is 3.29. The lowest BCUT2D eigenvalue weighted by atomic mass is 10.0. The number of hydrogen-bond acceptors (Lipinski definition) is 5. The lowest BCUT2D eigenvalue weighted by Crippen LogP contribution is -2.19. The fraction of sp³-hybridized carbons (Fsp3) is 0.278. The van der Waals surface area contributed by atoms with Crippen LogP contribution in [0.15, 0.2) is 47.1 Å². The number of likely N-dealkylation sites (N-methyl/N-ethyl adjacent to an activating group) is 1. The molecule has 0 radical (unpaired) electrons. The monoisotopic (exact) mass is 393 g/mol. The number of alkyl halides is 3. The van der Waals surface area contributed by atoms with Gasteiger partial charge < -0.3 is 14.7 Å². The summed E-state index contributed by atoms with van der Waals surface area (Å²) in [7, 11) is 3.87. The van der Waals surface area contributed by atoms with Crippen LogP contribution in [0.5, 0.6) is 0 Å². The van der Waals surface area contributed by atoms with Crippen molar-refractivity contribution in [1.29, 1.82) is 0 Å². The van der Waals surface area contributed by atoms with Gasteiger partial charge in [-0.25, -0.2) is 0 Å². The van der Waals surface area contributed by atoms with Crippen molar-refractivity contribution in [3.8, 4) is 11.3 Å². The molecule has 0 fully saturated rings. The second-order valence-electron chi connectivity index (χ2n) is 6.34. The number of aromatic nitrogens is 3. The summed E-state index contributed by atoms with van der Waals surface area (Å²) in [5.41, 5.74) is -1.09. The lowest BCUT2D eigenvalue weighted by molar-refractivity contribution is -0.137. The van der Waals surface area contributed by atoms with Gasteiger partial charge >= 0.3 is 6.18 Å². The van der Waals surface area contributed by atoms with Gasteiger partial charge in [0.25, 0.3) is 5.91 Å². The summed E-state index contributed by atoms with van der Waals surface area (Å²) in [6, 6.07) is 7.75. The highest BCUT2D eigenvalue weighted by molar-refractivity contribution is 6.02. The zero-order valence-electron chi connectivity index (χ0n) is 15.2. The quantitative estimate of drug-likeness (QED) is 0.695. The summed E-state index contributed by atoms with van der Waals surface area (Å²) in [6.45, 7) is 1.42. The Morgan fingerprint density at radius 3 is 2.71 bits per heavy atom. The van der Waals surface area contributed by atoms with E-state index < -0.39 is 17.6 Å². The van der Waals surface area contributed by atoms with Crippen molar-refractivity contribution in [3.63, 3.8) is 0 Å². The molecule has 2 aromatic heterocycles. The number of nitrogens with one attached hydrogen (secondary N) is 1. The van der Waals surface area contributed by atoms with Gasteiger partial charge in [-0.05, 0) is 20.2 Å². The maximum atomic E-state index is 13.2. The molecule has 0 unspecified atom stereocenters. The number of anilines is 1. The highest BCUT2D eigenvalue weighted by atomic mass is 19.4. The van der Waals surface area contributed by atoms with Crippen molar-refractivity contribution in [2.75, 3.05) is 26.0 Å². The van der Waals surface area contributed by atoms with Gasteiger partial charge in [-0.2, -0.15) is 18.3 Å². The Labute approximate surface area is 158 Å². The first-order valence-electron chi connectivity index (χ1n) is 8.37. The fourth-order valence-electron chi connectivity index (χ4n) is 2.50. The Kier molecular flexibility index (Phi) is 5.50. The van der Waals surface area contributed by atoms with Crippen molar-refractivity contribution >= 4 is 11.7 Å². The summed E-state index contributed by atoms with van der Waals surface area (Å²) in [4.78, 5) is 14.3. The Morgan fingerprint density at radius 1 is 1.25 bits per heavy atom. The summed E-state index contributed by atoms with van der Waals surface area (Å²) in [5, 5.41) is 10.4. The van der Waals surface area contributed by atoms with E-state index in [1.807, 2.05) is 19.0 Å². The van der Waals surface area contributed by atoms with Gasteiger partial charge in [-0.3, -0.25) is 9.48 Å². The van der Waals surface area contributed by atoms with Crippen molar-refractivity contribution in [2.24, 2.45) is 0 Å². The van der Waals surface area contributed by atoms with E-state index in [9.17, 15) is 18.0 Å². The van der Waals surface area contributed by atoms with Gasteiger partial charge in [-0.15, -0.1) is 0 Å². The third kappa shape index (κ3) is 4.58. The normalized spacial score (nSPS) is 11.8. The minimum absolute atomic E-state index is 0.0745. The first-order valence-corrected chi connectivity index (χ1v) is 8.37. The van der Waals surface area contributed by atoms with Crippen LogP contribution < -0.4 is 5.32 Å². The molecule has 28 heavy (non-hydrogen) atoms. The Balaban J connectivity index is 1.74. The number of carbonyl (C=O) groups is 1. The van der Waals surface area contributed by atoms with Crippen molar-refractivity contribution < 1.29 is 22.5 Å². The van der Waals surface area contributed by atoms with Crippen LogP contribution in [-0.4, -0.2) is 46.4 Å². The molecule has 1 aromatic carbocycles. The molecule has 1 amide bonds. The maximum Gasteiger partial charge on any atom is 0.417 e. The Morgan fingerprint density at radius 2 is 2.00 bits per heavy atom. The molecule has 1 N–H and O–H groups in total. The van der Waals surface area contributed by atoms with Gasteiger partial charge in [-0.1, -0.05) is 23.4 Å². The predicted molar refractivity (Wildman–Crippen MR) is 95.7 cm³/mol. The third-order valence-electron chi connectivity index (χ3n) is 3.90. The third-order valence-corrected chi connectivity index (χ3v) is 3.90. The standard InChI is InChI=1S/C18H18F3N5O2/c1-25(2)9-10-26-8-7-16(23-26)22-17(27)15-11-14(24-28-15)12-5-3-4-6-13(12)18(19,20)21/h3-8,11H,9-10H2,1-2H3,(H,22,23,27). The summed E-state index contributed by atoms with van der Waals surface area (Å²) < 4.78 is 46.1. The zero-order chi connectivity index (χ0) is 20.3. The molecule has 0 aliphatic carbocycles. The second-order valence-corrected chi connectivity index (χ2v) is 6.34. The molecule has 0 saturated heterocycles. The molecule has 0 aliphatic heterocycles. The van der Waals surface area contributed by atoms with E-state index in [0.717, 1.165) is 12.6 Å². The molecular formula is C18H18F3N5O2. The largest absolute Gasteiger partial charge is 0.417 e. The topological polar surface area (TPSA) is 76.2 Å². The van der Waals surface area contributed by atoms with Crippen LogP contribution in [0.1, 0.15) is 16.1 Å². The van der Waals surface area contributed by atoms with Crippen LogP contribution in [0.3, 0.4) is 0 Å². The fourth-order valence-corrected chi connectivity index (χ4v) is 2.50. The highest BCUT2D eigenvalue weighted by Crippen LogP contribution is 2.36. The van der Waals surface area contributed by atoms with E-state index in [-0.39, 0.29) is 17.0 Å². The number of hydrogen-bond donors (Lipinski definition) is 1. The van der Waals surface area contributed by atoms with Crippen LogP contribution >= 0.6 is 0 Å². The number of carbonyl (C=O) groups excluding carboxylic acids is 1. The number of nitrogens with zero attached hydrogens (tertiary/aromatic N) is 4. The molecular weight excluding hydrogens is 375 g/mol. The molecule has 3 rings (SSSR count). The van der Waals surface area contributed by atoms with Crippen molar-refractivity contribution in [1.82, 2.24) is 19.8 Å². The van der Waals surface area contributed by atoms with E-state index in [4.69, 9.17) is 4.52 Å². The minimum atomic E-state index is -4.54. The smallest absolute Gasteiger partial charge is 0.350 e. The number of amides is 1. The SMILES string of the molecule is CN(C)CCn1ccc(NC(=O)c2cc(-c3ccccc3C(F)(F)F)no2)n1. The van der Waals surface area contributed by atoms with Crippen molar-refractivity contribution in [3.05, 3.63) is 53.9 Å². The number of rotatable bonds is 6. The Bertz CT molecular complexity index is 962. The predicted octanol–water partition coefficient (Wildman–Crippen LogP) is 3.37. The molecule has 0 aliphatic rings. The first kappa shape index (κ1) is 19.6. The average molecular weight is 393 g/mol. The van der Waals surface area contributed by atoms with Gasteiger partial charge in [0.1, 0.15) is 5.69 Å². The van der Waals surface area contributed by atoms with Crippen molar-refractivity contribution in [2.45, 2.75) is 12.7 Å². The van der Waals surface area contributed by atoms with Gasteiger partial charge in [0.2, 0.25) is 5.76 Å². The maximum absolute atomic E-state index is 13.2. The zero-order valence-corrected chi connectivity index (χ0v) is 15.2. The number of halogens is 3. The van der Waals surface area contributed by atoms with Crippen LogP contribution in [0.2, 0.25) is 0 Å². The van der Waals surface area contributed by atoms with E-state index in [0.29, 0.717) is 12.4 Å². The van der Waals surface area contributed by atoms with E-state index in [1.165, 1.54) is 24.3 Å². The molecule has 2 heterocycles. The molecule has 0 atom stereocenters. The molecule has 0 spiro atoms. The van der Waals surface area contributed by atoms with Crippen LogP contribution in [-0.2, 0) is 12.7 Å². The summed E-state index contributed by atoms with van der Waals surface area (Å²) in [5.74, 6) is -0.562. The molecule has 0 saturated carbocycles. The van der Waals surface area contributed by atoms with Crippen LogP contribution in [0.4, 0.5) is 19.0 Å². The molecule has 7 nitrogen and oxygen atoms in total. The first-order chi connectivity index (χ1) is 13.2. The summed E-state index contributed by atoms with van der Waals surface area (Å²) in [6.07, 6.45) is -2.83. The van der Waals surface area contributed by atoms with Gasteiger partial charge in [0.05, 0.1) is 12.1 Å². The van der Waals surface area contributed by atoms with Gasteiger partial charge in [0.15, 0.2) is 5.82 Å². The number of benzene rings is 1. The molecule has 0 bridgehead atoms. The second kappa shape index (κ2) is 7.85. The highest BCUT2D eigenvalue weighted by Gasteiger charge is 2.34. The van der Waals surface area contributed by atoms with E-state index >= 15 is 0 Å². The lowest BCUT2D eigenvalue weighted by Gasteiger charge is -2.10. The molecule has 148 valence electrons. The summed E-state index contributed by atoms with van der Waals surface area (Å²) >= 11 is 0. The van der Waals surface area contributed by atoms with E-state index in [2.05, 4.69) is 15.6 Å². The van der Waals surface area contributed by atoms with Gasteiger partial charge in [0, 0.05) is 30.4 Å². The molecule has 3 aromatic rings. The van der Waals surface area contributed by atoms with Crippen LogP contribution in [0.25, 0.3) is 11.3 Å². The van der Waals surface area contributed by atoms with Crippen LogP contribution in [0, 0.1) is 0 Å². The minimum Gasteiger partial charge on any atom is -0.350 e.